The maximum Gasteiger partial charge on any atom is 0.262 e. The molecule has 0 saturated carbocycles. The number of alkyl halides is 1. The first kappa shape index (κ1) is 41.7. The van der Waals surface area contributed by atoms with Gasteiger partial charge >= 0.3 is 0 Å². The summed E-state index contributed by atoms with van der Waals surface area (Å²) < 4.78 is 6.26. The number of piperazine rings is 1. The maximum atomic E-state index is 13.5. The summed E-state index contributed by atoms with van der Waals surface area (Å²) >= 11 is 6.32. The second-order valence-electron chi connectivity index (χ2n) is 17.2. The Hall–Kier alpha value is -5.69. The molecule has 5 aliphatic heterocycles. The van der Waals surface area contributed by atoms with E-state index < -0.39 is 23.8 Å². The number of ether oxygens (including phenoxy) is 1. The minimum absolute atomic E-state index is 0.0973. The van der Waals surface area contributed by atoms with Crippen LogP contribution in [0.1, 0.15) is 82.4 Å². The van der Waals surface area contributed by atoms with Crippen LogP contribution in [0.3, 0.4) is 0 Å². The third kappa shape index (κ3) is 8.56. The number of piperidine rings is 2. The van der Waals surface area contributed by atoms with E-state index in [9.17, 15) is 29.4 Å². The van der Waals surface area contributed by atoms with Crippen LogP contribution in [0.4, 0.5) is 5.69 Å². The molecule has 13 heteroatoms. The highest BCUT2D eigenvalue weighted by atomic mass is 35.5. The molecule has 62 heavy (non-hydrogen) atoms. The fourth-order valence-electron chi connectivity index (χ4n) is 10.2. The van der Waals surface area contributed by atoms with E-state index in [1.54, 1.807) is 30.3 Å². The van der Waals surface area contributed by atoms with Crippen molar-refractivity contribution in [1.29, 1.82) is 0 Å². The van der Waals surface area contributed by atoms with Crippen molar-refractivity contribution in [2.75, 3.05) is 56.7 Å². The SMILES string of the molecule is O=C1CCC(N2C(=O)c3ccc(N4CC5CCC(C4)N5CC4CCN(CCOc5ccc(C(=C(CCCl)c6ccc(O)cc6)c6ccc(O)cc6)cc5)CC4)cc3C2=O)C(=O)N1. The zero-order valence-corrected chi connectivity index (χ0v) is 35.4. The van der Waals surface area contributed by atoms with E-state index in [0.29, 0.717) is 48.0 Å². The van der Waals surface area contributed by atoms with Gasteiger partial charge in [0.2, 0.25) is 11.8 Å². The number of phenolic OH excluding ortho intramolecular Hbond substituents is 2. The molecule has 9 rings (SSSR count). The number of hydrogen-bond donors (Lipinski definition) is 3. The number of likely N-dealkylation sites (tertiary alicyclic amines) is 1. The number of rotatable bonds is 13. The average Bonchev–Trinajstić information content (AvgIpc) is 3.65. The van der Waals surface area contributed by atoms with Crippen molar-refractivity contribution in [3.8, 4) is 17.2 Å². The molecule has 2 bridgehead atoms. The number of allylic oxidation sites excluding steroid dienone is 1. The molecule has 5 aliphatic rings. The minimum atomic E-state index is -0.968. The van der Waals surface area contributed by atoms with Crippen LogP contribution in [0.2, 0.25) is 0 Å². The van der Waals surface area contributed by atoms with Gasteiger partial charge in [0.05, 0.1) is 11.1 Å². The molecule has 4 aromatic carbocycles. The van der Waals surface area contributed by atoms with Gasteiger partial charge in [-0.3, -0.25) is 39.2 Å². The number of hydrogen-bond acceptors (Lipinski definition) is 10. The third-order valence-electron chi connectivity index (χ3n) is 13.4. The van der Waals surface area contributed by atoms with Gasteiger partial charge in [0.15, 0.2) is 0 Å². The Morgan fingerprint density at radius 2 is 1.34 bits per heavy atom. The standard InChI is InChI=1S/C49H52ClN5O7/c50-22-19-41(32-1-10-38(56)11-2-32)46(33-3-12-39(57)13-4-33)34-5-14-40(15-6-34)62-26-25-52-23-20-31(21-24-52)28-54-36-7-8-37(54)30-53(29-36)35-9-16-42-43(27-35)49(61)55(48(42)60)44-17-18-45(58)51-47(44)59/h1-6,9-16,27,31,36-37,44,56-57H,7-8,17-26,28-30H2,(H,51,58,59). The van der Waals surface area contributed by atoms with E-state index in [0.717, 1.165) is 109 Å². The molecule has 322 valence electrons. The van der Waals surface area contributed by atoms with E-state index in [2.05, 4.69) is 32.1 Å². The number of fused-ring (bicyclic) bond motifs is 3. The smallest absolute Gasteiger partial charge is 0.262 e. The highest BCUT2D eigenvalue weighted by Gasteiger charge is 2.46. The first-order chi connectivity index (χ1) is 30.1. The molecule has 4 aromatic rings. The van der Waals surface area contributed by atoms with Crippen LogP contribution in [0, 0.1) is 5.92 Å². The van der Waals surface area contributed by atoms with E-state index in [1.165, 1.54) is 0 Å². The minimum Gasteiger partial charge on any atom is -0.508 e. The summed E-state index contributed by atoms with van der Waals surface area (Å²) in [5, 5.41) is 22.2. The normalized spacial score (nSPS) is 22.5. The van der Waals surface area contributed by atoms with Gasteiger partial charge < -0.3 is 19.8 Å². The number of nitrogens with zero attached hydrogens (tertiary/aromatic N) is 4. The molecule has 0 spiro atoms. The molecule has 0 radical (unpaired) electrons. The second-order valence-corrected chi connectivity index (χ2v) is 17.6. The largest absolute Gasteiger partial charge is 0.508 e. The van der Waals surface area contributed by atoms with E-state index in [4.69, 9.17) is 16.3 Å². The molecule has 4 fully saturated rings. The van der Waals surface area contributed by atoms with Gasteiger partial charge in [-0.15, -0.1) is 11.6 Å². The highest BCUT2D eigenvalue weighted by Crippen LogP contribution is 2.39. The summed E-state index contributed by atoms with van der Waals surface area (Å²) in [6.07, 6.45) is 5.45. The third-order valence-corrected chi connectivity index (χ3v) is 13.6. The second kappa shape index (κ2) is 18.0. The number of phenols is 2. The summed E-state index contributed by atoms with van der Waals surface area (Å²) in [6, 6.07) is 27.9. The number of halogens is 1. The van der Waals surface area contributed by atoms with E-state index in [1.807, 2.05) is 48.5 Å². The summed E-state index contributed by atoms with van der Waals surface area (Å²) in [5.74, 6) is 0.349. The Morgan fingerprint density at radius 3 is 1.97 bits per heavy atom. The molecule has 0 aliphatic carbocycles. The van der Waals surface area contributed by atoms with Gasteiger partial charge in [-0.2, -0.15) is 0 Å². The van der Waals surface area contributed by atoms with Gasteiger partial charge in [0.25, 0.3) is 11.8 Å². The van der Waals surface area contributed by atoms with Crippen LogP contribution < -0.4 is 15.0 Å². The zero-order chi connectivity index (χ0) is 42.9. The van der Waals surface area contributed by atoms with E-state index in [-0.39, 0.29) is 30.2 Å². The van der Waals surface area contributed by atoms with E-state index >= 15 is 0 Å². The Bertz CT molecular complexity index is 2350. The van der Waals surface area contributed by atoms with Crippen molar-refractivity contribution in [3.63, 3.8) is 0 Å². The van der Waals surface area contributed by atoms with Gasteiger partial charge in [0, 0.05) is 56.3 Å². The molecule has 3 unspecified atom stereocenters. The lowest BCUT2D eigenvalue weighted by atomic mass is 9.88. The number of imide groups is 2. The summed E-state index contributed by atoms with van der Waals surface area (Å²) in [4.78, 5) is 59.5. The lowest BCUT2D eigenvalue weighted by Gasteiger charge is -2.44. The first-order valence-electron chi connectivity index (χ1n) is 21.8. The number of carbonyl (C=O) groups excluding carboxylic acids is 4. The molecule has 0 aromatic heterocycles. The molecule has 12 nitrogen and oxygen atoms in total. The van der Waals surface area contributed by atoms with Crippen LogP contribution in [-0.4, -0.2) is 118 Å². The summed E-state index contributed by atoms with van der Waals surface area (Å²) in [5.41, 5.74) is 6.56. The number of aromatic hydroxyl groups is 2. The molecule has 3 N–H and O–H groups in total. The molecule has 5 heterocycles. The fourth-order valence-corrected chi connectivity index (χ4v) is 10.4. The van der Waals surface area contributed by atoms with Crippen LogP contribution in [-0.2, 0) is 9.59 Å². The fraction of sp³-hybridized carbons (Fsp3) is 0.388. The number of carbonyl (C=O) groups is 4. The number of nitrogens with one attached hydrogen (secondary N) is 1. The van der Waals surface area contributed by atoms with Crippen molar-refractivity contribution in [2.24, 2.45) is 5.92 Å². The first-order valence-corrected chi connectivity index (χ1v) is 22.4. The Kier molecular flexibility index (Phi) is 12.1. The quantitative estimate of drug-likeness (QED) is 0.0772. The van der Waals surface area contributed by atoms with Crippen molar-refractivity contribution < 1.29 is 34.1 Å². The highest BCUT2D eigenvalue weighted by molar-refractivity contribution is 6.23. The van der Waals surface area contributed by atoms with Crippen LogP contribution >= 0.6 is 11.6 Å². The van der Waals surface area contributed by atoms with Gasteiger partial charge in [-0.1, -0.05) is 36.4 Å². The Morgan fingerprint density at radius 1 is 0.726 bits per heavy atom. The van der Waals surface area contributed by atoms with Gasteiger partial charge in [-0.05, 0) is 140 Å². The van der Waals surface area contributed by atoms with Gasteiger partial charge in [-0.25, -0.2) is 0 Å². The summed E-state index contributed by atoms with van der Waals surface area (Å²) in [7, 11) is 0. The predicted octanol–water partition coefficient (Wildman–Crippen LogP) is 6.53. The van der Waals surface area contributed by atoms with Crippen LogP contribution in [0.5, 0.6) is 17.2 Å². The molecular formula is C49H52ClN5O7. The number of amides is 4. The summed E-state index contributed by atoms with van der Waals surface area (Å²) in [6.45, 7) is 6.37. The molecule has 4 amide bonds. The molecule has 3 atom stereocenters. The predicted molar refractivity (Wildman–Crippen MR) is 237 cm³/mol. The lowest BCUT2D eigenvalue weighted by Crippen LogP contribution is -2.55. The maximum absolute atomic E-state index is 13.5. The van der Waals surface area contributed by atoms with Crippen LogP contribution in [0.15, 0.2) is 91.0 Å². The van der Waals surface area contributed by atoms with Crippen molar-refractivity contribution >= 4 is 52.1 Å². The monoisotopic (exact) mass is 857 g/mol. The zero-order valence-electron chi connectivity index (χ0n) is 34.7. The van der Waals surface area contributed by atoms with Crippen LogP contribution in [0.25, 0.3) is 11.1 Å². The van der Waals surface area contributed by atoms with Crippen molar-refractivity contribution in [2.45, 2.75) is 63.1 Å². The van der Waals surface area contributed by atoms with Gasteiger partial charge in [0.1, 0.15) is 29.9 Å². The molecular weight excluding hydrogens is 806 g/mol. The van der Waals surface area contributed by atoms with Crippen molar-refractivity contribution in [1.82, 2.24) is 20.0 Å². The topological polar surface area (TPSA) is 143 Å². The number of anilines is 1. The Balaban J connectivity index is 0.763. The lowest BCUT2D eigenvalue weighted by molar-refractivity contribution is -0.136. The number of benzene rings is 4. The molecule has 4 saturated heterocycles. The average molecular weight is 858 g/mol. The van der Waals surface area contributed by atoms with Crippen molar-refractivity contribution in [3.05, 3.63) is 119 Å². The Labute approximate surface area is 366 Å².